The molecular weight excluding hydrogens is 1380 g/mol. The van der Waals surface area contributed by atoms with Gasteiger partial charge in [-0.05, 0) is 31.9 Å². The lowest BCUT2D eigenvalue weighted by atomic mass is 9.73. The maximum Gasteiger partial charge on any atom is 0.338 e. The molecular formula is C66H89NO36. The van der Waals surface area contributed by atoms with E-state index >= 15 is 0 Å². The van der Waals surface area contributed by atoms with Crippen LogP contribution in [0.25, 0.3) is 0 Å². The molecule has 37 nitrogen and oxygen atoms in total. The number of hydrogen-bond donors (Lipinski definition) is 2. The largest absolute Gasteiger partial charge is 0.463 e. The number of rotatable bonds is 26. The van der Waals surface area contributed by atoms with E-state index in [-0.39, 0.29) is 5.56 Å². The first-order valence-electron chi connectivity index (χ1n) is 32.7. The molecule has 5 saturated heterocycles. The SMILES string of the molecule is CC(=O)NC1[C@H](O[C@@H]2C(OC(=O)c3ccccc3)[C@H](C(C)C)OC(COC(C)=O)[C@H]2OC(C)=O)OC(COC(C)=O)[C@](O[C@@H]2OC(COC(C)=O)[C@H](OC(C)=O)[C@H](OC(C)=O)C2O[C@@H]2OC(C)[C@@H](OC(C)=O)C(OC(C)=O)[C@@H]2OC(C)=O)([C@@H]2OC(C)[C@@H](OC(C)=O)[C@@H](OC(C)=O)C2OC(C)=O)[C@@H]1O. The van der Waals surface area contributed by atoms with Crippen molar-refractivity contribution in [2.24, 2.45) is 5.92 Å². The van der Waals surface area contributed by atoms with Crippen molar-refractivity contribution in [3.05, 3.63) is 35.9 Å². The Kier molecular flexibility index (Phi) is 29.7. The van der Waals surface area contributed by atoms with Crippen molar-refractivity contribution < 1.29 is 172 Å². The van der Waals surface area contributed by atoms with Crippen LogP contribution in [0.1, 0.15) is 128 Å². The smallest absolute Gasteiger partial charge is 0.338 e. The third-order valence-electron chi connectivity index (χ3n) is 16.3. The third kappa shape index (κ3) is 21.8. The van der Waals surface area contributed by atoms with E-state index in [1.807, 2.05) is 0 Å². The molecule has 1 aromatic rings. The number of carbonyl (C=O) groups excluding carboxylic acids is 14. The summed E-state index contributed by atoms with van der Waals surface area (Å²) in [7, 11) is 0. The van der Waals surface area contributed by atoms with Gasteiger partial charge in [-0.3, -0.25) is 62.3 Å². The number of aliphatic hydroxyl groups excluding tert-OH is 1. The molecule has 103 heavy (non-hydrogen) atoms. The molecule has 6 rings (SSSR count). The van der Waals surface area contributed by atoms with Crippen LogP contribution in [0.5, 0.6) is 0 Å². The summed E-state index contributed by atoms with van der Waals surface area (Å²) in [5.74, 6) is -15.6. The lowest BCUT2D eigenvalue weighted by Gasteiger charge is -2.60. The first-order valence-corrected chi connectivity index (χ1v) is 32.7. The van der Waals surface area contributed by atoms with Crippen LogP contribution in [0.15, 0.2) is 30.3 Å². The maximum absolute atomic E-state index is 14.4. The van der Waals surface area contributed by atoms with E-state index in [0.29, 0.717) is 0 Å². The number of nitrogens with one attached hydrogen (secondary N) is 1. The highest BCUT2D eigenvalue weighted by atomic mass is 16.8. The number of hydrogen-bond acceptors (Lipinski definition) is 36. The van der Waals surface area contributed by atoms with Gasteiger partial charge in [0.2, 0.25) is 5.91 Å². The highest BCUT2D eigenvalue weighted by molar-refractivity contribution is 5.89. The lowest BCUT2D eigenvalue weighted by Crippen LogP contribution is -2.81. The van der Waals surface area contributed by atoms with Crippen LogP contribution in [0.4, 0.5) is 0 Å². The predicted molar refractivity (Wildman–Crippen MR) is 332 cm³/mol. The maximum atomic E-state index is 14.4. The van der Waals surface area contributed by atoms with Gasteiger partial charge in [0.05, 0.1) is 17.8 Å². The number of amides is 1. The summed E-state index contributed by atoms with van der Waals surface area (Å²) in [4.78, 5) is 187. The third-order valence-corrected chi connectivity index (χ3v) is 16.3. The van der Waals surface area contributed by atoms with Crippen LogP contribution < -0.4 is 5.32 Å². The highest BCUT2D eigenvalue weighted by Crippen LogP contribution is 2.48. The summed E-state index contributed by atoms with van der Waals surface area (Å²) < 4.78 is 129. The quantitative estimate of drug-likeness (QED) is 0.0916. The summed E-state index contributed by atoms with van der Waals surface area (Å²) in [6.45, 7) is 15.2. The Bertz CT molecular complexity index is 3230. The molecule has 0 aliphatic carbocycles. The zero-order valence-corrected chi connectivity index (χ0v) is 59.7. The summed E-state index contributed by atoms with van der Waals surface area (Å²) in [5.41, 5.74) is -3.35. The highest BCUT2D eigenvalue weighted by Gasteiger charge is 2.71. The van der Waals surface area contributed by atoms with E-state index in [1.165, 1.54) is 38.1 Å². The molecule has 5 aliphatic rings. The van der Waals surface area contributed by atoms with Crippen molar-refractivity contribution in [3.8, 4) is 0 Å². The first kappa shape index (κ1) is 83.4. The summed E-state index contributed by atoms with van der Waals surface area (Å²) in [5, 5.41) is 16.8. The molecule has 10 unspecified atom stereocenters. The fraction of sp³-hybridized carbons (Fsp3) is 0.697. The van der Waals surface area contributed by atoms with Crippen LogP contribution >= 0.6 is 0 Å². The van der Waals surface area contributed by atoms with Crippen LogP contribution in [0, 0.1) is 5.92 Å². The zero-order chi connectivity index (χ0) is 76.8. The molecule has 1 amide bonds. The van der Waals surface area contributed by atoms with Gasteiger partial charge in [-0.25, -0.2) is 4.79 Å². The first-order chi connectivity index (χ1) is 48.2. The zero-order valence-electron chi connectivity index (χ0n) is 59.7. The minimum atomic E-state index is -3.33. The average molecular weight is 1470 g/mol. The van der Waals surface area contributed by atoms with E-state index < -0.39 is 262 Å². The second-order valence-corrected chi connectivity index (χ2v) is 25.0. The molecule has 0 aromatic heterocycles. The van der Waals surface area contributed by atoms with Gasteiger partial charge < -0.3 is 110 Å². The standard InChI is InChI=1S/C66H89NO36/c1-26(2)47-52(100-62(82)42-21-19-18-20-22-42)55(50(90-35(11)74)43(97-47)23-83-30(6)69)101-63-46(67-29(5)68)60(81)66(45(99-63)25-85-32(8)71,61-57(95-40(16)79)53(92-37(13)76)48(27(3)86-61)88-33(9)72)103-65-59(56(94-39(15)78)51(91-36(12)75)44(98-65)24-84-31(7)70)102-64-58(96-41(17)80)54(93-38(14)77)49(28(4)87-64)89-34(10)73/h18-22,26-28,43-61,63-65,81H,23-25H2,1-17H3,(H,67,68)/t27?,28?,43?,44?,45?,46?,47-,48+,49+,50+,51-,52?,53+,54?,55-,56-,57?,58-,59?,60+,61+,63-,64-,65-,66+/m0/s1. The van der Waals surface area contributed by atoms with Crippen molar-refractivity contribution >= 4 is 83.5 Å². The van der Waals surface area contributed by atoms with E-state index in [2.05, 4.69) is 5.32 Å². The Balaban J connectivity index is 1.78. The molecule has 1 aromatic carbocycles. The number of carbonyl (C=O) groups is 14. The molecule has 0 saturated carbocycles. The van der Waals surface area contributed by atoms with Gasteiger partial charge in [-0.1, -0.05) is 32.0 Å². The second kappa shape index (κ2) is 36.7. The molecule has 2 N–H and O–H groups in total. The van der Waals surface area contributed by atoms with Crippen LogP contribution in [-0.2, 0) is 162 Å². The van der Waals surface area contributed by atoms with E-state index in [1.54, 1.807) is 19.9 Å². The van der Waals surface area contributed by atoms with Crippen molar-refractivity contribution in [1.29, 1.82) is 0 Å². The molecule has 5 aliphatic heterocycles. The van der Waals surface area contributed by atoms with Crippen LogP contribution in [0.2, 0.25) is 0 Å². The monoisotopic (exact) mass is 1470 g/mol. The van der Waals surface area contributed by atoms with Crippen molar-refractivity contribution in [1.82, 2.24) is 5.32 Å². The topological polar surface area (TPSA) is 465 Å². The Labute approximate surface area is 590 Å². The molecule has 25 atom stereocenters. The van der Waals surface area contributed by atoms with Gasteiger partial charge in [0, 0.05) is 90.0 Å². The molecule has 37 heteroatoms. The summed E-state index contributed by atoms with van der Waals surface area (Å²) in [6, 6.07) is 5.16. The van der Waals surface area contributed by atoms with Crippen molar-refractivity contribution in [3.63, 3.8) is 0 Å². The number of ether oxygens (including phenoxy) is 21. The Hall–Kier alpha value is -8.56. The van der Waals surface area contributed by atoms with Gasteiger partial charge >= 0.3 is 77.6 Å². The van der Waals surface area contributed by atoms with Gasteiger partial charge in [0.25, 0.3) is 0 Å². The average Bonchev–Trinajstić information content (AvgIpc) is 0.710. The van der Waals surface area contributed by atoms with E-state index in [4.69, 9.17) is 99.5 Å². The van der Waals surface area contributed by atoms with Gasteiger partial charge in [0.1, 0.15) is 68.6 Å². The molecule has 5 heterocycles. The second-order valence-electron chi connectivity index (χ2n) is 25.0. The minimum absolute atomic E-state index is 0.0231. The normalized spacial score (nSPS) is 34.0. The fourth-order valence-electron chi connectivity index (χ4n) is 12.7. The number of esters is 13. The van der Waals surface area contributed by atoms with Crippen LogP contribution in [0.3, 0.4) is 0 Å². The predicted octanol–water partition coefficient (Wildman–Crippen LogP) is 0.0833. The molecule has 0 spiro atoms. The van der Waals surface area contributed by atoms with E-state index in [0.717, 1.165) is 90.0 Å². The molecule has 0 radical (unpaired) electrons. The van der Waals surface area contributed by atoms with Crippen LogP contribution in [-0.4, -0.2) is 261 Å². The fourth-order valence-corrected chi connectivity index (χ4v) is 12.7. The van der Waals surface area contributed by atoms with E-state index in [9.17, 15) is 72.2 Å². The number of benzene rings is 1. The molecule has 574 valence electrons. The van der Waals surface area contributed by atoms with Crippen molar-refractivity contribution in [2.45, 2.75) is 270 Å². The Morgan fingerprint density at radius 3 is 1.27 bits per heavy atom. The lowest BCUT2D eigenvalue weighted by molar-refractivity contribution is -0.426. The molecule has 0 bridgehead atoms. The number of aliphatic hydroxyl groups is 1. The van der Waals surface area contributed by atoms with Gasteiger partial charge in [-0.2, -0.15) is 0 Å². The van der Waals surface area contributed by atoms with Gasteiger partial charge in [0.15, 0.2) is 91.6 Å². The van der Waals surface area contributed by atoms with Crippen molar-refractivity contribution in [2.75, 3.05) is 19.8 Å². The molecule has 5 fully saturated rings. The van der Waals surface area contributed by atoms with Gasteiger partial charge in [-0.15, -0.1) is 0 Å². The Morgan fingerprint density at radius 1 is 0.408 bits per heavy atom. The summed E-state index contributed by atoms with van der Waals surface area (Å²) >= 11 is 0. The Morgan fingerprint density at radius 2 is 0.806 bits per heavy atom. The summed E-state index contributed by atoms with van der Waals surface area (Å²) in [6.07, 6.45) is -46.5. The minimum Gasteiger partial charge on any atom is -0.463 e.